The van der Waals surface area contributed by atoms with E-state index in [-0.39, 0.29) is 5.97 Å². The van der Waals surface area contributed by atoms with Crippen molar-refractivity contribution in [2.24, 2.45) is 0 Å². The van der Waals surface area contributed by atoms with E-state index in [1.807, 2.05) is 31.2 Å². The highest BCUT2D eigenvalue weighted by Crippen LogP contribution is 2.35. The molecule has 0 saturated heterocycles. The molecule has 1 aromatic heterocycles. The van der Waals surface area contributed by atoms with Gasteiger partial charge in [-0.15, -0.1) is 0 Å². The van der Waals surface area contributed by atoms with E-state index in [1.54, 1.807) is 4.68 Å². The van der Waals surface area contributed by atoms with Crippen LogP contribution in [-0.2, 0) is 9.53 Å². The second-order valence-corrected chi connectivity index (χ2v) is 6.50. The van der Waals surface area contributed by atoms with Crippen molar-refractivity contribution in [3.05, 3.63) is 47.4 Å². The predicted octanol–water partition coefficient (Wildman–Crippen LogP) is 3.70. The van der Waals surface area contributed by atoms with Crippen LogP contribution >= 0.6 is 0 Å². The van der Waals surface area contributed by atoms with Gasteiger partial charge in [0.05, 0.1) is 18.8 Å². The smallest absolute Gasteiger partial charge is 0.338 e. The Kier molecular flexibility index (Phi) is 6.11. The second-order valence-electron chi connectivity index (χ2n) is 6.50. The number of ether oxygens (including phenoxy) is 2. The van der Waals surface area contributed by atoms with Crippen LogP contribution in [0.15, 0.2) is 41.9 Å². The lowest BCUT2D eigenvalue weighted by molar-refractivity contribution is -0.139. The van der Waals surface area contributed by atoms with Gasteiger partial charge in [-0.1, -0.05) is 32.4 Å². The van der Waals surface area contributed by atoms with E-state index in [4.69, 9.17) is 9.47 Å². The number of nitrogens with one attached hydrogen (secondary N) is 1. The van der Waals surface area contributed by atoms with Gasteiger partial charge in [-0.05, 0) is 37.5 Å². The van der Waals surface area contributed by atoms with Crippen molar-refractivity contribution in [2.75, 3.05) is 18.5 Å². The van der Waals surface area contributed by atoms with Crippen molar-refractivity contribution in [2.45, 2.75) is 46.1 Å². The van der Waals surface area contributed by atoms with Gasteiger partial charge >= 0.3 is 5.97 Å². The van der Waals surface area contributed by atoms with Crippen molar-refractivity contribution in [3.8, 4) is 5.75 Å². The first kappa shape index (κ1) is 18.9. The van der Waals surface area contributed by atoms with Crippen LogP contribution in [0.4, 0.5) is 5.95 Å². The molecule has 0 fully saturated rings. The lowest BCUT2D eigenvalue weighted by Gasteiger charge is -2.28. The van der Waals surface area contributed by atoms with Gasteiger partial charge in [0.1, 0.15) is 18.1 Å². The molecule has 0 bridgehead atoms. The Morgan fingerprint density at radius 3 is 2.67 bits per heavy atom. The van der Waals surface area contributed by atoms with Crippen LogP contribution in [0.5, 0.6) is 5.75 Å². The normalized spacial score (nSPS) is 15.9. The number of rotatable bonds is 8. The van der Waals surface area contributed by atoms with Crippen molar-refractivity contribution < 1.29 is 14.3 Å². The molecular formula is C20H26N4O3. The van der Waals surface area contributed by atoms with E-state index in [0.717, 1.165) is 36.3 Å². The summed E-state index contributed by atoms with van der Waals surface area (Å²) in [7, 11) is 0. The number of benzene rings is 1. The fourth-order valence-electron chi connectivity index (χ4n) is 3.02. The Hall–Kier alpha value is -2.83. The van der Waals surface area contributed by atoms with Crippen LogP contribution in [0, 0.1) is 0 Å². The zero-order valence-electron chi connectivity index (χ0n) is 16.1. The molecule has 0 amide bonds. The number of esters is 1. The van der Waals surface area contributed by atoms with Crippen molar-refractivity contribution in [1.82, 2.24) is 14.8 Å². The molecule has 1 aliphatic heterocycles. The summed E-state index contributed by atoms with van der Waals surface area (Å²) in [6.07, 6.45) is 4.24. The maximum absolute atomic E-state index is 12.8. The van der Waals surface area contributed by atoms with Gasteiger partial charge in [-0.25, -0.2) is 9.48 Å². The molecule has 1 aromatic carbocycles. The molecular weight excluding hydrogens is 344 g/mol. The maximum Gasteiger partial charge on any atom is 0.338 e. The summed E-state index contributed by atoms with van der Waals surface area (Å²) in [5.41, 5.74) is 2.20. The Balaban J connectivity index is 1.92. The first-order valence-electron chi connectivity index (χ1n) is 9.42. The molecule has 0 unspecified atom stereocenters. The van der Waals surface area contributed by atoms with Gasteiger partial charge in [0.15, 0.2) is 0 Å². The van der Waals surface area contributed by atoms with Crippen molar-refractivity contribution in [3.63, 3.8) is 0 Å². The SMILES string of the molecule is CCCCOC(=O)C1=C(C)Nc2ncnn2[C@@H]1c1ccc(OCCC)cc1. The molecule has 144 valence electrons. The van der Waals surface area contributed by atoms with Gasteiger partial charge in [-0.2, -0.15) is 10.1 Å². The summed E-state index contributed by atoms with van der Waals surface area (Å²) < 4.78 is 12.9. The van der Waals surface area contributed by atoms with E-state index in [0.29, 0.717) is 24.7 Å². The first-order chi connectivity index (χ1) is 13.2. The summed E-state index contributed by atoms with van der Waals surface area (Å²) in [5, 5.41) is 7.46. The van der Waals surface area contributed by atoms with E-state index in [1.165, 1.54) is 6.33 Å². The molecule has 0 spiro atoms. The summed E-state index contributed by atoms with van der Waals surface area (Å²) in [6, 6.07) is 7.36. The van der Waals surface area contributed by atoms with Crippen LogP contribution in [-0.4, -0.2) is 33.9 Å². The molecule has 2 aromatic rings. The third-order valence-electron chi connectivity index (χ3n) is 4.41. The van der Waals surface area contributed by atoms with Crippen LogP contribution in [0.25, 0.3) is 0 Å². The van der Waals surface area contributed by atoms with Gasteiger partial charge in [0.2, 0.25) is 5.95 Å². The number of allylic oxidation sites excluding steroid dienone is 1. The van der Waals surface area contributed by atoms with Gasteiger partial charge in [-0.3, -0.25) is 0 Å². The Morgan fingerprint density at radius 1 is 1.19 bits per heavy atom. The fraction of sp³-hybridized carbons (Fsp3) is 0.450. The van der Waals surface area contributed by atoms with E-state index in [2.05, 4.69) is 29.2 Å². The van der Waals surface area contributed by atoms with Crippen LogP contribution in [0.2, 0.25) is 0 Å². The number of fused-ring (bicyclic) bond motifs is 1. The Labute approximate surface area is 159 Å². The number of hydrogen-bond donors (Lipinski definition) is 1. The summed E-state index contributed by atoms with van der Waals surface area (Å²) in [4.78, 5) is 17.0. The topological polar surface area (TPSA) is 78.3 Å². The standard InChI is InChI=1S/C20H26N4O3/c1-4-6-12-27-19(25)17-14(3)23-20-21-13-22-24(20)18(17)15-7-9-16(10-8-15)26-11-5-2/h7-10,13,18H,4-6,11-12H2,1-3H3,(H,21,22,23)/t18-/m1/s1. The molecule has 1 atom stereocenters. The highest BCUT2D eigenvalue weighted by Gasteiger charge is 2.34. The molecule has 0 saturated carbocycles. The fourth-order valence-corrected chi connectivity index (χ4v) is 3.02. The zero-order chi connectivity index (χ0) is 19.2. The molecule has 1 aliphatic rings. The molecule has 3 rings (SSSR count). The minimum atomic E-state index is -0.391. The average Bonchev–Trinajstić information content (AvgIpc) is 3.13. The molecule has 7 nitrogen and oxygen atoms in total. The minimum Gasteiger partial charge on any atom is -0.494 e. The van der Waals surface area contributed by atoms with Crippen molar-refractivity contribution in [1.29, 1.82) is 0 Å². The largest absolute Gasteiger partial charge is 0.494 e. The summed E-state index contributed by atoms with van der Waals surface area (Å²) >= 11 is 0. The maximum atomic E-state index is 12.8. The Morgan fingerprint density at radius 2 is 1.96 bits per heavy atom. The first-order valence-corrected chi connectivity index (χ1v) is 9.42. The summed E-state index contributed by atoms with van der Waals surface area (Å²) in [5.74, 6) is 1.08. The third-order valence-corrected chi connectivity index (χ3v) is 4.41. The molecule has 7 heteroatoms. The molecule has 0 aliphatic carbocycles. The Bertz CT molecular complexity index is 811. The van der Waals surface area contributed by atoms with Gasteiger partial charge in [0.25, 0.3) is 0 Å². The number of nitrogens with zero attached hydrogens (tertiary/aromatic N) is 3. The number of aromatic nitrogens is 3. The lowest BCUT2D eigenvalue weighted by Crippen LogP contribution is -2.29. The highest BCUT2D eigenvalue weighted by atomic mass is 16.5. The minimum absolute atomic E-state index is 0.328. The number of carbonyl (C=O) groups excluding carboxylic acids is 1. The third kappa shape index (κ3) is 4.13. The summed E-state index contributed by atoms with van der Waals surface area (Å²) in [6.45, 7) is 7.08. The average molecular weight is 370 g/mol. The number of unbranched alkanes of at least 4 members (excludes halogenated alkanes) is 1. The molecule has 0 radical (unpaired) electrons. The second kappa shape index (κ2) is 8.70. The van der Waals surface area contributed by atoms with Gasteiger partial charge < -0.3 is 14.8 Å². The highest BCUT2D eigenvalue weighted by molar-refractivity contribution is 5.92. The van der Waals surface area contributed by atoms with Crippen LogP contribution in [0.3, 0.4) is 0 Å². The van der Waals surface area contributed by atoms with Gasteiger partial charge in [0, 0.05) is 5.70 Å². The zero-order valence-corrected chi connectivity index (χ0v) is 16.1. The monoisotopic (exact) mass is 370 g/mol. The van der Waals surface area contributed by atoms with E-state index >= 15 is 0 Å². The lowest BCUT2D eigenvalue weighted by atomic mass is 9.96. The van der Waals surface area contributed by atoms with E-state index < -0.39 is 6.04 Å². The molecule has 27 heavy (non-hydrogen) atoms. The van der Waals surface area contributed by atoms with Crippen LogP contribution < -0.4 is 10.1 Å². The van der Waals surface area contributed by atoms with E-state index in [9.17, 15) is 4.79 Å². The number of carbonyl (C=O) groups is 1. The number of anilines is 1. The van der Waals surface area contributed by atoms with Crippen molar-refractivity contribution >= 4 is 11.9 Å². The number of hydrogen-bond acceptors (Lipinski definition) is 6. The molecule has 1 N–H and O–H groups in total. The molecule has 2 heterocycles. The predicted molar refractivity (Wildman–Crippen MR) is 103 cm³/mol. The quantitative estimate of drug-likeness (QED) is 0.564. The van der Waals surface area contributed by atoms with Crippen LogP contribution in [0.1, 0.15) is 51.6 Å².